The zero-order valence-corrected chi connectivity index (χ0v) is 12.9. The minimum absolute atomic E-state index is 0.201. The predicted octanol–water partition coefficient (Wildman–Crippen LogP) is 2.39. The largest absolute Gasteiger partial charge is 0.401 e. The Bertz CT molecular complexity index is 729. The summed E-state index contributed by atoms with van der Waals surface area (Å²) in [7, 11) is 0. The zero-order valence-electron chi connectivity index (χ0n) is 12.9. The van der Waals surface area contributed by atoms with E-state index in [1.165, 1.54) is 11.1 Å². The Morgan fingerprint density at radius 2 is 2.17 bits per heavy atom. The second kappa shape index (κ2) is 6.72. The van der Waals surface area contributed by atoms with Crippen LogP contribution in [-0.2, 0) is 0 Å². The Hall–Kier alpha value is -2.22. The minimum atomic E-state index is -4.22. The summed E-state index contributed by atoms with van der Waals surface area (Å²) in [6, 6.07) is 3.00. The van der Waals surface area contributed by atoms with E-state index in [4.69, 9.17) is 0 Å². The summed E-state index contributed by atoms with van der Waals surface area (Å²) in [4.78, 5) is 22.0. The van der Waals surface area contributed by atoms with Crippen LogP contribution in [-0.4, -0.2) is 52.6 Å². The van der Waals surface area contributed by atoms with Gasteiger partial charge in [-0.1, -0.05) is 0 Å². The number of piperidine rings is 1. The molecule has 0 spiro atoms. The third-order valence-corrected chi connectivity index (χ3v) is 4.03. The number of pyridine rings is 2. The molecule has 0 aromatic carbocycles. The quantitative estimate of drug-likeness (QED) is 0.934. The van der Waals surface area contributed by atoms with Crippen LogP contribution in [0, 0.1) is 0 Å². The van der Waals surface area contributed by atoms with Gasteiger partial charge in [0.1, 0.15) is 0 Å². The van der Waals surface area contributed by atoms with Gasteiger partial charge in [0.05, 0.1) is 17.6 Å². The van der Waals surface area contributed by atoms with Crippen molar-refractivity contribution in [2.75, 3.05) is 19.6 Å². The van der Waals surface area contributed by atoms with E-state index in [1.807, 2.05) is 0 Å². The van der Waals surface area contributed by atoms with Gasteiger partial charge in [0.2, 0.25) is 0 Å². The van der Waals surface area contributed by atoms with Gasteiger partial charge < -0.3 is 5.32 Å². The Balaban J connectivity index is 1.70. The molecule has 1 saturated heterocycles. The highest BCUT2D eigenvalue weighted by Crippen LogP contribution is 2.20. The molecule has 0 saturated carbocycles. The lowest BCUT2D eigenvalue weighted by Crippen LogP contribution is -2.50. The number of likely N-dealkylation sites (tertiary alicyclic amines) is 1. The molecule has 0 bridgehead atoms. The second-order valence-corrected chi connectivity index (χ2v) is 5.91. The standard InChI is InChI=1S/C16H17F3N4O/c17-16(18,19)10-23-7-1-2-11(9-23)22-15(24)12-3-6-21-14-4-5-20-8-13(12)14/h3-6,8,11H,1-2,7,9-10H2,(H,22,24). The first-order valence-corrected chi connectivity index (χ1v) is 7.71. The molecule has 5 nitrogen and oxygen atoms in total. The van der Waals surface area contributed by atoms with Crippen molar-refractivity contribution in [3.8, 4) is 0 Å². The fourth-order valence-electron chi connectivity index (χ4n) is 3.02. The van der Waals surface area contributed by atoms with Gasteiger partial charge in [-0.2, -0.15) is 13.2 Å². The van der Waals surface area contributed by atoms with Gasteiger partial charge in [-0.25, -0.2) is 0 Å². The van der Waals surface area contributed by atoms with Crippen LogP contribution in [0.1, 0.15) is 23.2 Å². The summed E-state index contributed by atoms with van der Waals surface area (Å²) in [5.74, 6) is -0.311. The fourth-order valence-corrected chi connectivity index (χ4v) is 3.02. The number of carbonyl (C=O) groups is 1. The molecule has 24 heavy (non-hydrogen) atoms. The van der Waals surface area contributed by atoms with E-state index in [9.17, 15) is 18.0 Å². The summed E-state index contributed by atoms with van der Waals surface area (Å²) in [6.45, 7) is -0.345. The Labute approximate surface area is 136 Å². The van der Waals surface area contributed by atoms with Crippen LogP contribution < -0.4 is 5.32 Å². The van der Waals surface area contributed by atoms with Crippen molar-refractivity contribution in [2.45, 2.75) is 25.1 Å². The summed E-state index contributed by atoms with van der Waals surface area (Å²) in [5, 5.41) is 3.46. The van der Waals surface area contributed by atoms with Gasteiger partial charge in [-0.3, -0.25) is 19.7 Å². The van der Waals surface area contributed by atoms with E-state index in [1.54, 1.807) is 24.5 Å². The lowest BCUT2D eigenvalue weighted by Gasteiger charge is -2.33. The van der Waals surface area contributed by atoms with Gasteiger partial charge in [0, 0.05) is 36.6 Å². The first-order chi connectivity index (χ1) is 11.4. The van der Waals surface area contributed by atoms with E-state index in [0.29, 0.717) is 35.9 Å². The van der Waals surface area contributed by atoms with E-state index in [-0.39, 0.29) is 18.5 Å². The highest BCUT2D eigenvalue weighted by molar-refractivity contribution is 6.05. The third kappa shape index (κ3) is 4.00. The summed E-state index contributed by atoms with van der Waals surface area (Å²) in [5.41, 5.74) is 1.08. The van der Waals surface area contributed by atoms with Crippen LogP contribution in [0.3, 0.4) is 0 Å². The van der Waals surface area contributed by atoms with E-state index >= 15 is 0 Å². The number of nitrogens with zero attached hydrogens (tertiary/aromatic N) is 3. The molecule has 2 aromatic rings. The van der Waals surface area contributed by atoms with Crippen LogP contribution in [0.5, 0.6) is 0 Å². The molecule has 1 fully saturated rings. The second-order valence-electron chi connectivity index (χ2n) is 5.91. The van der Waals surface area contributed by atoms with Crippen molar-refractivity contribution in [1.29, 1.82) is 0 Å². The number of nitrogens with one attached hydrogen (secondary N) is 1. The maximum atomic E-state index is 12.5. The molecule has 8 heteroatoms. The molecule has 128 valence electrons. The molecule has 3 rings (SSSR count). The normalized spacial score (nSPS) is 19.4. The Kier molecular flexibility index (Phi) is 4.66. The number of fused-ring (bicyclic) bond motifs is 1. The number of rotatable bonds is 3. The number of hydrogen-bond donors (Lipinski definition) is 1. The summed E-state index contributed by atoms with van der Waals surface area (Å²) in [6.07, 6.45) is 1.76. The first-order valence-electron chi connectivity index (χ1n) is 7.71. The monoisotopic (exact) mass is 338 g/mol. The number of alkyl halides is 3. The van der Waals surface area contributed by atoms with Crippen LogP contribution in [0.2, 0.25) is 0 Å². The molecule has 1 N–H and O–H groups in total. The molecule has 1 aliphatic heterocycles. The zero-order chi connectivity index (χ0) is 17.2. The van der Waals surface area contributed by atoms with Crippen molar-refractivity contribution < 1.29 is 18.0 Å². The highest BCUT2D eigenvalue weighted by Gasteiger charge is 2.33. The number of hydrogen-bond acceptors (Lipinski definition) is 4. The van der Waals surface area contributed by atoms with Crippen molar-refractivity contribution in [3.05, 3.63) is 36.3 Å². The average Bonchev–Trinajstić information content (AvgIpc) is 2.53. The minimum Gasteiger partial charge on any atom is -0.348 e. The molecule has 1 amide bonds. The van der Waals surface area contributed by atoms with E-state index in [0.717, 1.165) is 0 Å². The van der Waals surface area contributed by atoms with Crippen LogP contribution in [0.15, 0.2) is 30.7 Å². The van der Waals surface area contributed by atoms with Crippen molar-refractivity contribution >= 4 is 16.8 Å². The van der Waals surface area contributed by atoms with Gasteiger partial charge in [-0.15, -0.1) is 0 Å². The molecule has 1 atom stereocenters. The third-order valence-electron chi connectivity index (χ3n) is 4.03. The van der Waals surface area contributed by atoms with E-state index < -0.39 is 12.7 Å². The van der Waals surface area contributed by atoms with Crippen LogP contribution in [0.25, 0.3) is 10.9 Å². The lowest BCUT2D eigenvalue weighted by molar-refractivity contribution is -0.148. The van der Waals surface area contributed by atoms with Crippen LogP contribution in [0.4, 0.5) is 13.2 Å². The maximum absolute atomic E-state index is 12.5. The SMILES string of the molecule is O=C(NC1CCCN(CC(F)(F)F)C1)c1ccnc2ccncc12. The van der Waals surface area contributed by atoms with Crippen LogP contribution >= 0.6 is 0 Å². The van der Waals surface area contributed by atoms with Gasteiger partial charge in [0.25, 0.3) is 5.91 Å². The molecular formula is C16H17F3N4O. The fraction of sp³-hybridized carbons (Fsp3) is 0.438. The molecule has 2 aromatic heterocycles. The first kappa shape index (κ1) is 16.6. The van der Waals surface area contributed by atoms with Crippen molar-refractivity contribution in [2.24, 2.45) is 0 Å². The molecular weight excluding hydrogens is 321 g/mol. The molecule has 1 aliphatic rings. The van der Waals surface area contributed by atoms with Gasteiger partial charge in [0.15, 0.2) is 0 Å². The number of aromatic nitrogens is 2. The Morgan fingerprint density at radius 3 is 2.96 bits per heavy atom. The topological polar surface area (TPSA) is 58.1 Å². The van der Waals surface area contributed by atoms with Crippen molar-refractivity contribution in [3.63, 3.8) is 0 Å². The predicted molar refractivity (Wildman–Crippen MR) is 82.5 cm³/mol. The molecule has 0 aliphatic carbocycles. The van der Waals surface area contributed by atoms with E-state index in [2.05, 4.69) is 15.3 Å². The number of carbonyl (C=O) groups excluding carboxylic acids is 1. The summed E-state index contributed by atoms with van der Waals surface area (Å²) >= 11 is 0. The Morgan fingerprint density at radius 1 is 1.33 bits per heavy atom. The van der Waals surface area contributed by atoms with Gasteiger partial charge >= 0.3 is 6.18 Å². The molecule has 1 unspecified atom stereocenters. The number of amides is 1. The van der Waals surface area contributed by atoms with Gasteiger partial charge in [-0.05, 0) is 31.5 Å². The lowest BCUT2D eigenvalue weighted by atomic mass is 10.0. The molecule has 0 radical (unpaired) electrons. The summed E-state index contributed by atoms with van der Waals surface area (Å²) < 4.78 is 37.6. The number of halogens is 3. The van der Waals surface area contributed by atoms with Crippen molar-refractivity contribution in [1.82, 2.24) is 20.2 Å². The molecule has 3 heterocycles. The highest BCUT2D eigenvalue weighted by atomic mass is 19.4. The smallest absolute Gasteiger partial charge is 0.348 e. The average molecular weight is 338 g/mol. The maximum Gasteiger partial charge on any atom is 0.401 e.